The lowest BCUT2D eigenvalue weighted by atomic mass is 10.5. The summed E-state index contributed by atoms with van der Waals surface area (Å²) >= 11 is 0. The molecule has 0 spiro atoms. The van der Waals surface area contributed by atoms with Crippen molar-refractivity contribution in [1.82, 2.24) is 5.32 Å². The summed E-state index contributed by atoms with van der Waals surface area (Å²) in [5.74, 6) is 0. The van der Waals surface area contributed by atoms with E-state index in [-0.39, 0.29) is 0 Å². The molecule has 0 saturated heterocycles. The van der Waals surface area contributed by atoms with Crippen LogP contribution in [0.15, 0.2) is 16.9 Å². The lowest BCUT2D eigenvalue weighted by Crippen LogP contribution is -2.08. The van der Waals surface area contributed by atoms with Gasteiger partial charge < -0.3 is 11.1 Å². The second-order valence-corrected chi connectivity index (χ2v) is 1.26. The molecular weight excluding hydrogens is 102 g/mol. The van der Waals surface area contributed by atoms with Gasteiger partial charge in [-0.05, 0) is 0 Å². The van der Waals surface area contributed by atoms with E-state index in [2.05, 4.69) is 10.3 Å². The fourth-order valence-corrected chi connectivity index (χ4v) is 0.330. The number of aliphatic imine (C=N–C) groups is 1. The van der Waals surface area contributed by atoms with E-state index in [9.17, 15) is 0 Å². The van der Waals surface area contributed by atoms with E-state index < -0.39 is 0 Å². The molecule has 3 N–H and O–H groups in total. The molecule has 0 saturated carbocycles. The largest absolute Gasteiger partial charge is 0.403 e. The molecule has 0 aliphatic heterocycles. The predicted molar refractivity (Wildman–Crippen MR) is 35.7 cm³/mol. The van der Waals surface area contributed by atoms with Crippen molar-refractivity contribution in [3.63, 3.8) is 0 Å². The van der Waals surface area contributed by atoms with Crippen molar-refractivity contribution in [3.05, 3.63) is 11.9 Å². The van der Waals surface area contributed by atoms with E-state index in [0.717, 1.165) is 5.70 Å². The number of nitrogens with zero attached hydrogens (tertiary/aromatic N) is 1. The third kappa shape index (κ3) is 2.23. The van der Waals surface area contributed by atoms with Gasteiger partial charge in [0.15, 0.2) is 0 Å². The first kappa shape index (κ1) is 7.01. The Hall–Kier alpha value is -0.990. The summed E-state index contributed by atoms with van der Waals surface area (Å²) in [5.41, 5.74) is 5.98. The Labute approximate surface area is 49.3 Å². The zero-order valence-electron chi connectivity index (χ0n) is 5.18. The standard InChI is InChI=1S/C5H11N3/c1-7-4-5(3-6)8-2/h3-4,8H,6H2,1-2H3. The van der Waals surface area contributed by atoms with Gasteiger partial charge >= 0.3 is 0 Å². The van der Waals surface area contributed by atoms with Crippen LogP contribution in [0.3, 0.4) is 0 Å². The minimum atomic E-state index is 0.826. The van der Waals surface area contributed by atoms with Crippen molar-refractivity contribution >= 4 is 6.21 Å². The molecule has 0 unspecified atom stereocenters. The van der Waals surface area contributed by atoms with Crippen molar-refractivity contribution in [1.29, 1.82) is 0 Å². The number of hydrogen-bond acceptors (Lipinski definition) is 3. The highest BCUT2D eigenvalue weighted by Gasteiger charge is 1.79. The van der Waals surface area contributed by atoms with Crippen molar-refractivity contribution < 1.29 is 0 Å². The van der Waals surface area contributed by atoms with Gasteiger partial charge in [-0.1, -0.05) is 0 Å². The number of allylic oxidation sites excluding steroid dienone is 1. The monoisotopic (exact) mass is 113 g/mol. The Balaban J connectivity index is 3.72. The minimum Gasteiger partial charge on any atom is -0.403 e. The van der Waals surface area contributed by atoms with E-state index in [0.29, 0.717) is 0 Å². The van der Waals surface area contributed by atoms with Crippen LogP contribution in [-0.4, -0.2) is 20.3 Å². The fourth-order valence-electron chi connectivity index (χ4n) is 0.330. The number of nitrogens with one attached hydrogen (secondary N) is 1. The molecule has 0 aromatic rings. The van der Waals surface area contributed by atoms with Crippen LogP contribution in [0.25, 0.3) is 0 Å². The lowest BCUT2D eigenvalue weighted by Gasteiger charge is -1.93. The second kappa shape index (κ2) is 4.18. The van der Waals surface area contributed by atoms with Crippen LogP contribution >= 0.6 is 0 Å². The van der Waals surface area contributed by atoms with Crippen LogP contribution in [0, 0.1) is 0 Å². The van der Waals surface area contributed by atoms with Crippen LogP contribution in [-0.2, 0) is 0 Å². The second-order valence-electron chi connectivity index (χ2n) is 1.26. The van der Waals surface area contributed by atoms with Gasteiger partial charge in [0.05, 0.1) is 5.70 Å². The topological polar surface area (TPSA) is 50.4 Å². The van der Waals surface area contributed by atoms with Crippen LogP contribution in [0.5, 0.6) is 0 Å². The molecule has 0 aliphatic rings. The Morgan fingerprint density at radius 2 is 2.38 bits per heavy atom. The average Bonchev–Trinajstić information content (AvgIpc) is 1.83. The minimum absolute atomic E-state index is 0.826. The molecule has 0 atom stereocenters. The summed E-state index contributed by atoms with van der Waals surface area (Å²) in [6.07, 6.45) is 3.12. The summed E-state index contributed by atoms with van der Waals surface area (Å²) in [6, 6.07) is 0. The first-order valence-corrected chi connectivity index (χ1v) is 2.37. The highest BCUT2D eigenvalue weighted by molar-refractivity contribution is 5.77. The first-order valence-electron chi connectivity index (χ1n) is 2.37. The Bertz CT molecular complexity index is 101. The van der Waals surface area contributed by atoms with Gasteiger partial charge in [0.2, 0.25) is 0 Å². The van der Waals surface area contributed by atoms with Crippen LogP contribution in [0.1, 0.15) is 0 Å². The molecule has 0 aliphatic carbocycles. The number of rotatable bonds is 2. The zero-order chi connectivity index (χ0) is 6.41. The maximum absolute atomic E-state index is 5.15. The maximum Gasteiger partial charge on any atom is 0.0676 e. The van der Waals surface area contributed by atoms with Gasteiger partial charge in [0, 0.05) is 26.5 Å². The van der Waals surface area contributed by atoms with Gasteiger partial charge in [0.25, 0.3) is 0 Å². The van der Waals surface area contributed by atoms with Crippen molar-refractivity contribution in [2.75, 3.05) is 14.1 Å². The molecule has 3 nitrogen and oxygen atoms in total. The molecule has 3 heteroatoms. The number of nitrogens with two attached hydrogens (primary N) is 1. The van der Waals surface area contributed by atoms with Crippen LogP contribution in [0.4, 0.5) is 0 Å². The summed E-state index contributed by atoms with van der Waals surface area (Å²) in [5, 5.41) is 2.84. The van der Waals surface area contributed by atoms with Crippen molar-refractivity contribution in [2.45, 2.75) is 0 Å². The van der Waals surface area contributed by atoms with E-state index >= 15 is 0 Å². The molecule has 0 amide bonds. The maximum atomic E-state index is 5.15. The Kier molecular flexibility index (Phi) is 3.66. The van der Waals surface area contributed by atoms with Crippen LogP contribution < -0.4 is 11.1 Å². The Morgan fingerprint density at radius 1 is 1.75 bits per heavy atom. The van der Waals surface area contributed by atoms with Crippen molar-refractivity contribution in [2.24, 2.45) is 10.7 Å². The summed E-state index contributed by atoms with van der Waals surface area (Å²) in [7, 11) is 3.49. The molecule has 0 heterocycles. The fraction of sp³-hybridized carbons (Fsp3) is 0.400. The van der Waals surface area contributed by atoms with Crippen molar-refractivity contribution in [3.8, 4) is 0 Å². The van der Waals surface area contributed by atoms with Gasteiger partial charge in [-0.25, -0.2) is 0 Å². The quantitative estimate of drug-likeness (QED) is 0.483. The number of hydrogen-bond donors (Lipinski definition) is 2. The van der Waals surface area contributed by atoms with Gasteiger partial charge in [0.1, 0.15) is 0 Å². The molecule has 0 rings (SSSR count). The molecule has 0 aromatic heterocycles. The molecule has 0 fully saturated rings. The summed E-state index contributed by atoms with van der Waals surface area (Å²) in [6.45, 7) is 0. The normalized spacial score (nSPS) is 12.5. The van der Waals surface area contributed by atoms with E-state index in [4.69, 9.17) is 5.73 Å². The highest BCUT2D eigenvalue weighted by Crippen LogP contribution is 1.74. The third-order valence-electron chi connectivity index (χ3n) is 0.736. The van der Waals surface area contributed by atoms with E-state index in [1.165, 1.54) is 6.20 Å². The molecular formula is C5H11N3. The third-order valence-corrected chi connectivity index (χ3v) is 0.736. The summed E-state index contributed by atoms with van der Waals surface area (Å²) < 4.78 is 0. The lowest BCUT2D eigenvalue weighted by molar-refractivity contribution is 1.05. The smallest absolute Gasteiger partial charge is 0.0676 e. The van der Waals surface area contributed by atoms with E-state index in [1.807, 2.05) is 0 Å². The van der Waals surface area contributed by atoms with Gasteiger partial charge in [-0.3, -0.25) is 4.99 Å². The highest BCUT2D eigenvalue weighted by atomic mass is 14.9. The van der Waals surface area contributed by atoms with Gasteiger partial charge in [-0.2, -0.15) is 0 Å². The molecule has 0 radical (unpaired) electrons. The molecule has 0 bridgehead atoms. The van der Waals surface area contributed by atoms with Crippen LogP contribution in [0.2, 0.25) is 0 Å². The van der Waals surface area contributed by atoms with E-state index in [1.54, 1.807) is 20.3 Å². The SMILES string of the molecule is CN=CC(=CN)NC. The predicted octanol–water partition coefficient (Wildman–Crippen LogP) is -0.294. The molecule has 8 heavy (non-hydrogen) atoms. The Morgan fingerprint density at radius 3 is 2.50 bits per heavy atom. The summed E-state index contributed by atoms with van der Waals surface area (Å²) in [4.78, 5) is 3.74. The zero-order valence-corrected chi connectivity index (χ0v) is 5.18. The molecule has 46 valence electrons. The average molecular weight is 113 g/mol. The molecule has 0 aromatic carbocycles. The van der Waals surface area contributed by atoms with Gasteiger partial charge in [-0.15, -0.1) is 0 Å². The first-order chi connectivity index (χ1) is 3.85.